The summed E-state index contributed by atoms with van der Waals surface area (Å²) in [5, 5.41) is 3.35. The minimum atomic E-state index is -0.969. The molecule has 7 atom stereocenters. The molecule has 0 radical (unpaired) electrons. The zero-order valence-corrected chi connectivity index (χ0v) is 19.2. The molecule has 3 fully saturated rings. The van der Waals surface area contributed by atoms with E-state index < -0.39 is 11.9 Å². The van der Waals surface area contributed by atoms with Crippen LogP contribution in [-0.4, -0.2) is 28.7 Å². The normalized spacial score (nSPS) is 31.9. The van der Waals surface area contributed by atoms with Crippen molar-refractivity contribution >= 4 is 46.6 Å². The van der Waals surface area contributed by atoms with Crippen molar-refractivity contribution in [3.63, 3.8) is 0 Å². The van der Waals surface area contributed by atoms with E-state index in [1.807, 2.05) is 30.3 Å². The fraction of sp³-hybridized carbons (Fsp3) is 0.346. The minimum Gasteiger partial charge on any atom is -0.323 e. The first kappa shape index (κ1) is 20.9. The topological polar surface area (TPSA) is 66.5 Å². The molecule has 5 aliphatic rings. The van der Waals surface area contributed by atoms with E-state index in [4.69, 9.17) is 23.2 Å². The maximum Gasteiger partial charge on any atom is 0.248 e. The summed E-state index contributed by atoms with van der Waals surface area (Å²) in [5.41, 5.74) is 1.22. The lowest BCUT2D eigenvalue weighted by molar-refractivity contribution is -0.146. The van der Waals surface area contributed by atoms with E-state index in [1.165, 1.54) is 4.90 Å². The largest absolute Gasteiger partial charge is 0.323 e. The number of amides is 3. The average Bonchev–Trinajstić information content (AvgIpc) is 3.60. The van der Waals surface area contributed by atoms with Crippen LogP contribution in [0, 0.1) is 35.5 Å². The van der Waals surface area contributed by atoms with Gasteiger partial charge in [0.2, 0.25) is 17.7 Å². The van der Waals surface area contributed by atoms with Crippen LogP contribution in [0.1, 0.15) is 12.0 Å². The number of imide groups is 1. The molecule has 5 nitrogen and oxygen atoms in total. The van der Waals surface area contributed by atoms with Gasteiger partial charge in [-0.25, -0.2) is 0 Å². The van der Waals surface area contributed by atoms with Gasteiger partial charge in [-0.3, -0.25) is 19.3 Å². The first-order valence-electron chi connectivity index (χ1n) is 11.3. The van der Waals surface area contributed by atoms with Gasteiger partial charge in [0.05, 0.1) is 27.6 Å². The predicted octanol–water partition coefficient (Wildman–Crippen LogP) is 4.60. The van der Waals surface area contributed by atoms with Gasteiger partial charge in [-0.2, -0.15) is 0 Å². The second kappa shape index (κ2) is 7.71. The van der Waals surface area contributed by atoms with Crippen LogP contribution in [0.5, 0.6) is 0 Å². The van der Waals surface area contributed by atoms with Crippen molar-refractivity contribution in [1.82, 2.24) is 4.90 Å². The van der Waals surface area contributed by atoms with Gasteiger partial charge in [0.25, 0.3) is 0 Å². The molecule has 7 unspecified atom stereocenters. The number of rotatable bonds is 5. The van der Waals surface area contributed by atoms with E-state index in [0.29, 0.717) is 22.5 Å². The van der Waals surface area contributed by atoms with Gasteiger partial charge >= 0.3 is 0 Å². The van der Waals surface area contributed by atoms with E-state index in [0.717, 1.165) is 12.0 Å². The van der Waals surface area contributed by atoms with Crippen LogP contribution in [0.25, 0.3) is 0 Å². The Morgan fingerprint density at radius 1 is 0.939 bits per heavy atom. The number of carbonyl (C=O) groups excluding carboxylic acids is 3. The van der Waals surface area contributed by atoms with Gasteiger partial charge in [0.1, 0.15) is 6.04 Å². The van der Waals surface area contributed by atoms with Gasteiger partial charge in [0.15, 0.2) is 0 Å². The van der Waals surface area contributed by atoms with Crippen LogP contribution < -0.4 is 5.32 Å². The summed E-state index contributed by atoms with van der Waals surface area (Å²) >= 11 is 12.4. The molecule has 7 heteroatoms. The van der Waals surface area contributed by atoms with Crippen molar-refractivity contribution in [2.45, 2.75) is 18.9 Å². The summed E-state index contributed by atoms with van der Waals surface area (Å²) in [6.07, 6.45) is 5.59. The molecule has 168 valence electrons. The average molecular weight is 481 g/mol. The number of carbonyl (C=O) groups is 3. The van der Waals surface area contributed by atoms with Crippen molar-refractivity contribution in [1.29, 1.82) is 0 Å². The van der Waals surface area contributed by atoms with Crippen molar-refractivity contribution in [2.24, 2.45) is 35.5 Å². The summed E-state index contributed by atoms with van der Waals surface area (Å²) in [6, 6.07) is 13.4. The van der Waals surface area contributed by atoms with Crippen molar-refractivity contribution in [3.8, 4) is 0 Å². The lowest BCUT2D eigenvalue weighted by Crippen LogP contribution is -2.49. The Balaban J connectivity index is 1.34. The monoisotopic (exact) mass is 480 g/mol. The summed E-state index contributed by atoms with van der Waals surface area (Å²) in [5.74, 6) is -0.369. The van der Waals surface area contributed by atoms with Crippen LogP contribution in [0.15, 0.2) is 60.7 Å². The van der Waals surface area contributed by atoms with Crippen LogP contribution in [0.4, 0.5) is 5.69 Å². The highest BCUT2D eigenvalue weighted by atomic mass is 35.5. The highest BCUT2D eigenvalue weighted by Gasteiger charge is 2.67. The highest BCUT2D eigenvalue weighted by molar-refractivity contribution is 6.44. The van der Waals surface area contributed by atoms with E-state index >= 15 is 0 Å². The number of hydrogen-bond acceptors (Lipinski definition) is 3. The SMILES string of the molecule is O=C(Nc1cccc(Cl)c1Cl)C(Cc1ccccc1)N1C(=O)C2C3C=CC(C4CC34)C2C1=O. The fourth-order valence-electron chi connectivity index (χ4n) is 6.24. The number of hydrogen-bond donors (Lipinski definition) is 1. The first-order chi connectivity index (χ1) is 16.0. The molecule has 0 spiro atoms. The molecule has 1 saturated heterocycles. The number of halogens is 2. The Labute approximate surface area is 201 Å². The third-order valence-corrected chi connectivity index (χ3v) is 8.61. The molecular formula is C26H22Cl2N2O3. The fourth-order valence-corrected chi connectivity index (χ4v) is 6.59. The molecule has 1 N–H and O–H groups in total. The predicted molar refractivity (Wildman–Crippen MR) is 126 cm³/mol. The van der Waals surface area contributed by atoms with Gasteiger partial charge in [-0.1, -0.05) is 71.8 Å². The third-order valence-electron chi connectivity index (χ3n) is 7.79. The number of anilines is 1. The Morgan fingerprint density at radius 2 is 1.58 bits per heavy atom. The molecule has 3 amide bonds. The highest BCUT2D eigenvalue weighted by Crippen LogP contribution is 2.65. The molecule has 2 bridgehead atoms. The van der Waals surface area contributed by atoms with E-state index in [-0.39, 0.29) is 46.9 Å². The maximum atomic E-state index is 13.7. The molecule has 33 heavy (non-hydrogen) atoms. The van der Waals surface area contributed by atoms with Gasteiger partial charge in [-0.05, 0) is 47.8 Å². The molecule has 2 aromatic rings. The Hall–Kier alpha value is -2.63. The summed E-state index contributed by atoms with van der Waals surface area (Å²) in [6.45, 7) is 0. The third kappa shape index (κ3) is 3.24. The number of allylic oxidation sites excluding steroid dienone is 2. The zero-order valence-electron chi connectivity index (χ0n) is 17.7. The minimum absolute atomic E-state index is 0.106. The van der Waals surface area contributed by atoms with Gasteiger partial charge in [-0.15, -0.1) is 0 Å². The summed E-state index contributed by atoms with van der Waals surface area (Å²) < 4.78 is 0. The zero-order chi connectivity index (χ0) is 22.9. The standard InChI is InChI=1S/C26H22Cl2N2O3/c27-18-7-4-8-19(23(18)28)29-24(31)20(11-13-5-2-1-3-6-13)30-25(32)21-14-9-10-15(17-12-16(14)17)22(21)26(30)33/h1-10,14-17,20-22H,11-12H2,(H,29,31). The first-order valence-corrected chi connectivity index (χ1v) is 12.1. The van der Waals surface area contributed by atoms with Crippen LogP contribution in [0.3, 0.4) is 0 Å². The molecular weight excluding hydrogens is 459 g/mol. The van der Waals surface area contributed by atoms with Crippen LogP contribution in [0.2, 0.25) is 10.0 Å². The number of nitrogens with zero attached hydrogens (tertiary/aromatic N) is 1. The Kier molecular flexibility index (Phi) is 4.89. The lowest BCUT2D eigenvalue weighted by atomic mass is 9.63. The Morgan fingerprint density at radius 3 is 2.21 bits per heavy atom. The molecule has 1 heterocycles. The molecule has 2 aromatic carbocycles. The quantitative estimate of drug-likeness (QED) is 0.502. The van der Waals surface area contributed by atoms with E-state index in [9.17, 15) is 14.4 Å². The van der Waals surface area contributed by atoms with Crippen LogP contribution >= 0.6 is 23.2 Å². The van der Waals surface area contributed by atoms with Crippen LogP contribution in [-0.2, 0) is 20.8 Å². The Bertz CT molecular complexity index is 1160. The van der Waals surface area contributed by atoms with Gasteiger partial charge in [0, 0.05) is 6.42 Å². The smallest absolute Gasteiger partial charge is 0.248 e. The summed E-state index contributed by atoms with van der Waals surface area (Å²) in [4.78, 5) is 42.1. The van der Waals surface area contributed by atoms with Crippen molar-refractivity contribution in [3.05, 3.63) is 76.3 Å². The lowest BCUT2D eigenvalue weighted by Gasteiger charge is -2.37. The molecule has 1 aliphatic heterocycles. The van der Waals surface area contributed by atoms with E-state index in [1.54, 1.807) is 18.2 Å². The molecule has 7 rings (SSSR count). The maximum absolute atomic E-state index is 13.7. The van der Waals surface area contributed by atoms with Crippen molar-refractivity contribution < 1.29 is 14.4 Å². The second-order valence-electron chi connectivity index (χ2n) is 9.50. The second-order valence-corrected chi connectivity index (χ2v) is 10.3. The molecule has 0 aromatic heterocycles. The molecule has 4 aliphatic carbocycles. The van der Waals surface area contributed by atoms with E-state index in [2.05, 4.69) is 17.5 Å². The molecule has 2 saturated carbocycles. The van der Waals surface area contributed by atoms with Gasteiger partial charge < -0.3 is 5.32 Å². The number of benzene rings is 2. The summed E-state index contributed by atoms with van der Waals surface area (Å²) in [7, 11) is 0. The van der Waals surface area contributed by atoms with Crippen molar-refractivity contribution in [2.75, 3.05) is 5.32 Å². The number of nitrogens with one attached hydrogen (secondary N) is 1. The number of likely N-dealkylation sites (tertiary alicyclic amines) is 1.